The van der Waals surface area contributed by atoms with Crippen molar-refractivity contribution in [2.45, 2.75) is 13.3 Å². The molecule has 6 heteroatoms. The van der Waals surface area contributed by atoms with Crippen molar-refractivity contribution in [3.8, 4) is 23.8 Å². The molecule has 1 N–H and O–H groups in total. The van der Waals surface area contributed by atoms with Crippen LogP contribution < -0.4 is 10.1 Å². The van der Waals surface area contributed by atoms with Gasteiger partial charge in [0.2, 0.25) is 0 Å². The van der Waals surface area contributed by atoms with Gasteiger partial charge in [0.15, 0.2) is 5.69 Å². The quantitative estimate of drug-likeness (QED) is 0.658. The first kappa shape index (κ1) is 18.2. The molecule has 1 aromatic heterocycles. The summed E-state index contributed by atoms with van der Waals surface area (Å²) in [4.78, 5) is 12.2. The van der Waals surface area contributed by atoms with E-state index in [1.165, 1.54) is 0 Å². The summed E-state index contributed by atoms with van der Waals surface area (Å²) >= 11 is 0. The minimum Gasteiger partial charge on any atom is -0.481 e. The predicted octanol–water partition coefficient (Wildman–Crippen LogP) is 2.56. The van der Waals surface area contributed by atoms with Crippen LogP contribution in [0.15, 0.2) is 54.7 Å². The molecule has 0 saturated heterocycles. The highest BCUT2D eigenvalue weighted by Gasteiger charge is 2.11. The third kappa shape index (κ3) is 4.95. The summed E-state index contributed by atoms with van der Waals surface area (Å²) in [6.45, 7) is 2.77. The predicted molar refractivity (Wildman–Crippen MR) is 103 cm³/mol. The summed E-state index contributed by atoms with van der Waals surface area (Å²) in [7, 11) is 0. The van der Waals surface area contributed by atoms with Crippen molar-refractivity contribution in [1.29, 1.82) is 0 Å². The molecule has 3 aromatic rings. The van der Waals surface area contributed by atoms with E-state index < -0.39 is 0 Å². The van der Waals surface area contributed by atoms with E-state index in [9.17, 15) is 4.79 Å². The zero-order chi connectivity index (χ0) is 19.1. The molecule has 0 aliphatic carbocycles. The van der Waals surface area contributed by atoms with Crippen LogP contribution in [0.3, 0.4) is 0 Å². The summed E-state index contributed by atoms with van der Waals surface area (Å²) in [5, 5.41) is 10.8. The maximum atomic E-state index is 12.2. The lowest BCUT2D eigenvalue weighted by Gasteiger charge is -2.05. The number of carbonyl (C=O) groups excluding carboxylic acids is 1. The van der Waals surface area contributed by atoms with Gasteiger partial charge >= 0.3 is 0 Å². The van der Waals surface area contributed by atoms with Gasteiger partial charge in [-0.2, -0.15) is 0 Å². The van der Waals surface area contributed by atoms with Crippen molar-refractivity contribution in [3.05, 3.63) is 71.5 Å². The van der Waals surface area contributed by atoms with Crippen LogP contribution in [0.1, 0.15) is 21.6 Å². The van der Waals surface area contributed by atoms with Crippen LogP contribution in [0.2, 0.25) is 0 Å². The number of aryl methyl sites for hydroxylation is 1. The van der Waals surface area contributed by atoms with E-state index in [1.54, 1.807) is 10.9 Å². The molecule has 0 aliphatic rings. The molecule has 27 heavy (non-hydrogen) atoms. The van der Waals surface area contributed by atoms with E-state index >= 15 is 0 Å². The number of carbonyl (C=O) groups is 1. The first-order valence-corrected chi connectivity index (χ1v) is 8.58. The number of amides is 1. The second-order valence-electron chi connectivity index (χ2n) is 6.03. The van der Waals surface area contributed by atoms with E-state index in [1.807, 2.05) is 55.5 Å². The Morgan fingerprint density at radius 2 is 1.93 bits per heavy atom. The fourth-order valence-corrected chi connectivity index (χ4v) is 2.48. The number of nitrogens with one attached hydrogen (secondary N) is 1. The fourth-order valence-electron chi connectivity index (χ4n) is 2.48. The van der Waals surface area contributed by atoms with Crippen LogP contribution in [0.25, 0.3) is 5.69 Å². The van der Waals surface area contributed by atoms with Crippen molar-refractivity contribution in [2.75, 3.05) is 13.2 Å². The molecule has 0 saturated carbocycles. The Morgan fingerprint density at radius 3 is 2.63 bits per heavy atom. The van der Waals surface area contributed by atoms with Gasteiger partial charge in [-0.3, -0.25) is 4.79 Å². The molecule has 0 unspecified atom stereocenters. The monoisotopic (exact) mass is 360 g/mol. The Bertz CT molecular complexity index is 938. The van der Waals surface area contributed by atoms with Crippen LogP contribution in [0.5, 0.6) is 5.75 Å². The average molecular weight is 360 g/mol. The number of ether oxygens (including phenoxy) is 1. The maximum Gasteiger partial charge on any atom is 0.273 e. The summed E-state index contributed by atoms with van der Waals surface area (Å²) in [5.74, 6) is 2.91. The number of hydrogen-bond donors (Lipinski definition) is 1. The van der Waals surface area contributed by atoms with E-state index in [0.29, 0.717) is 13.0 Å². The van der Waals surface area contributed by atoms with Crippen molar-refractivity contribution in [2.24, 2.45) is 0 Å². The lowest BCUT2D eigenvalue weighted by Crippen LogP contribution is -2.26. The first-order valence-electron chi connectivity index (χ1n) is 8.58. The molecule has 1 amide bonds. The number of terminal acetylenes is 1. The normalized spacial score (nSPS) is 10.2. The lowest BCUT2D eigenvalue weighted by atomic mass is 10.1. The van der Waals surface area contributed by atoms with Gasteiger partial charge in [0.05, 0.1) is 11.9 Å². The average Bonchev–Trinajstić information content (AvgIpc) is 3.18. The summed E-state index contributed by atoms with van der Waals surface area (Å²) in [6, 6.07) is 15.5. The van der Waals surface area contributed by atoms with Crippen LogP contribution in [0.4, 0.5) is 0 Å². The molecular formula is C21H20N4O2. The number of benzene rings is 2. The molecule has 2 aromatic carbocycles. The number of rotatable bonds is 7. The van der Waals surface area contributed by atoms with E-state index in [4.69, 9.17) is 11.2 Å². The minimum atomic E-state index is -0.248. The standard InChI is InChI=1S/C21H20N4O2/c1-3-14-27-19-10-6-17(7-11-19)12-13-22-21(26)20-15-25(24-23-20)18-8-4-16(2)5-9-18/h1,4-11,15H,12-14H2,2H3,(H,22,26). The van der Waals surface area contributed by atoms with Crippen molar-refractivity contribution >= 4 is 5.91 Å². The summed E-state index contributed by atoms with van der Waals surface area (Å²) in [5.41, 5.74) is 3.40. The summed E-state index contributed by atoms with van der Waals surface area (Å²) < 4.78 is 6.92. The topological polar surface area (TPSA) is 69.0 Å². The second-order valence-corrected chi connectivity index (χ2v) is 6.03. The molecule has 6 nitrogen and oxygen atoms in total. The molecule has 0 radical (unpaired) electrons. The largest absolute Gasteiger partial charge is 0.481 e. The smallest absolute Gasteiger partial charge is 0.273 e. The highest BCUT2D eigenvalue weighted by Crippen LogP contribution is 2.12. The second kappa shape index (κ2) is 8.68. The van der Waals surface area contributed by atoms with Crippen molar-refractivity contribution in [1.82, 2.24) is 20.3 Å². The van der Waals surface area contributed by atoms with Gasteiger partial charge in [-0.15, -0.1) is 11.5 Å². The van der Waals surface area contributed by atoms with Gasteiger partial charge in [0.25, 0.3) is 5.91 Å². The molecule has 0 atom stereocenters. The maximum absolute atomic E-state index is 12.2. The van der Waals surface area contributed by atoms with Crippen LogP contribution in [0, 0.1) is 19.3 Å². The third-order valence-corrected chi connectivity index (χ3v) is 3.97. The third-order valence-electron chi connectivity index (χ3n) is 3.97. The number of aromatic nitrogens is 3. The molecule has 136 valence electrons. The lowest BCUT2D eigenvalue weighted by molar-refractivity contribution is 0.0949. The molecule has 0 bridgehead atoms. The fraction of sp³-hybridized carbons (Fsp3) is 0.190. The molecule has 0 fully saturated rings. The SMILES string of the molecule is C#CCOc1ccc(CCNC(=O)c2cn(-c3ccc(C)cc3)nn2)cc1. The first-order chi connectivity index (χ1) is 13.2. The number of hydrogen-bond acceptors (Lipinski definition) is 4. The molecule has 3 rings (SSSR count). The Labute approximate surface area is 158 Å². The van der Waals surface area contributed by atoms with Crippen LogP contribution in [-0.2, 0) is 6.42 Å². The minimum absolute atomic E-state index is 0.248. The van der Waals surface area contributed by atoms with E-state index in [0.717, 1.165) is 22.6 Å². The van der Waals surface area contributed by atoms with Gasteiger partial charge in [-0.1, -0.05) is 41.0 Å². The van der Waals surface area contributed by atoms with Crippen molar-refractivity contribution < 1.29 is 9.53 Å². The molecular weight excluding hydrogens is 340 g/mol. The number of nitrogens with zero attached hydrogens (tertiary/aromatic N) is 3. The van der Waals surface area contributed by atoms with Gasteiger partial charge in [-0.25, -0.2) is 4.68 Å². The zero-order valence-corrected chi connectivity index (χ0v) is 15.1. The van der Waals surface area contributed by atoms with Gasteiger partial charge in [0.1, 0.15) is 12.4 Å². The van der Waals surface area contributed by atoms with E-state index in [2.05, 4.69) is 21.5 Å². The van der Waals surface area contributed by atoms with Gasteiger partial charge in [-0.05, 0) is 43.2 Å². The Balaban J connectivity index is 1.51. The Kier molecular flexibility index (Phi) is 5.85. The highest BCUT2D eigenvalue weighted by atomic mass is 16.5. The van der Waals surface area contributed by atoms with Crippen molar-refractivity contribution in [3.63, 3.8) is 0 Å². The van der Waals surface area contributed by atoms with Crippen LogP contribution in [-0.4, -0.2) is 34.1 Å². The zero-order valence-electron chi connectivity index (χ0n) is 15.1. The van der Waals surface area contributed by atoms with Gasteiger partial charge in [0, 0.05) is 6.54 Å². The van der Waals surface area contributed by atoms with E-state index in [-0.39, 0.29) is 18.2 Å². The molecule has 0 aliphatic heterocycles. The molecule has 0 spiro atoms. The Hall–Kier alpha value is -3.59. The summed E-state index contributed by atoms with van der Waals surface area (Å²) in [6.07, 6.45) is 7.49. The highest BCUT2D eigenvalue weighted by molar-refractivity contribution is 5.91. The Morgan fingerprint density at radius 1 is 1.19 bits per heavy atom. The van der Waals surface area contributed by atoms with Gasteiger partial charge < -0.3 is 10.1 Å². The molecule has 1 heterocycles. The van der Waals surface area contributed by atoms with Crippen LogP contribution >= 0.6 is 0 Å².